The van der Waals surface area contributed by atoms with E-state index in [0.29, 0.717) is 25.7 Å². The Morgan fingerprint density at radius 2 is 0.882 bits per heavy atom. The Morgan fingerprint density at radius 1 is 0.490 bits per heavy atom. The molecule has 0 aliphatic heterocycles. The monoisotopic (exact) mass is 740 g/mol. The lowest BCUT2D eigenvalue weighted by atomic mass is 10.0. The van der Waals surface area contributed by atoms with Gasteiger partial charge >= 0.3 is 17.9 Å². The Labute approximate surface area is 302 Å². The smallest absolute Gasteiger partial charge is 0.308 e. The second kappa shape index (κ2) is 29.5. The first-order chi connectivity index (χ1) is 24.2. The van der Waals surface area contributed by atoms with E-state index in [1.807, 2.05) is 20.8 Å². The van der Waals surface area contributed by atoms with Crippen molar-refractivity contribution in [2.24, 2.45) is 0 Å². The van der Waals surface area contributed by atoms with Crippen LogP contribution in [-0.4, -0.2) is 138 Å². The number of carbonyl (C=O) groups is 3. The number of carbonyl (C=O) groups excluding carboxylic acids is 3. The molecular weight excluding hydrogens is 672 g/mol. The Morgan fingerprint density at radius 3 is 1.31 bits per heavy atom. The molecule has 0 fully saturated rings. The molecule has 0 unspecified atom stereocenters. The fraction of sp³-hybridized carbons (Fsp3) is 0.917. The summed E-state index contributed by atoms with van der Waals surface area (Å²) in [7, 11) is 0. The molecule has 9 N–H and O–H groups in total. The third-order valence-corrected chi connectivity index (χ3v) is 8.56. The van der Waals surface area contributed by atoms with Gasteiger partial charge in [0.25, 0.3) is 0 Å². The van der Waals surface area contributed by atoms with Crippen LogP contribution in [0.15, 0.2) is 0 Å². The summed E-state index contributed by atoms with van der Waals surface area (Å²) in [5, 5.41) is 89.5. The number of aliphatic hydroxyl groups is 9. The van der Waals surface area contributed by atoms with E-state index in [2.05, 4.69) is 0 Å². The predicted molar refractivity (Wildman–Crippen MR) is 186 cm³/mol. The van der Waals surface area contributed by atoms with Crippen molar-refractivity contribution in [1.29, 1.82) is 0 Å². The molecule has 0 radical (unpaired) electrons. The van der Waals surface area contributed by atoms with Gasteiger partial charge in [0.05, 0.1) is 50.3 Å². The molecule has 0 rings (SSSR count). The molecule has 15 heteroatoms. The van der Waals surface area contributed by atoms with Crippen LogP contribution in [-0.2, 0) is 28.6 Å². The van der Waals surface area contributed by atoms with E-state index < -0.39 is 105 Å². The highest BCUT2D eigenvalue weighted by molar-refractivity contribution is 5.71. The lowest BCUT2D eigenvalue weighted by Crippen LogP contribution is -2.47. The third-order valence-electron chi connectivity index (χ3n) is 8.56. The summed E-state index contributed by atoms with van der Waals surface area (Å²) < 4.78 is 16.0. The number of aliphatic hydroxyl groups excluding tert-OH is 9. The number of hydrogen-bond acceptors (Lipinski definition) is 15. The molecule has 0 aliphatic rings. The van der Waals surface area contributed by atoms with Crippen molar-refractivity contribution in [3.63, 3.8) is 0 Å². The summed E-state index contributed by atoms with van der Waals surface area (Å²) in [6, 6.07) is 0. The lowest BCUT2D eigenvalue weighted by Gasteiger charge is -2.25. The van der Waals surface area contributed by atoms with E-state index in [-0.39, 0.29) is 25.7 Å². The number of hydrogen-bond donors (Lipinski definition) is 9. The minimum Gasteiger partial charge on any atom is -0.463 e. The summed E-state index contributed by atoms with van der Waals surface area (Å²) >= 11 is 0. The minimum absolute atomic E-state index is 0.0359. The molecule has 0 saturated carbocycles. The van der Waals surface area contributed by atoms with Crippen LogP contribution in [0.3, 0.4) is 0 Å². The standard InChI is InChI=1S/C36H68O15/c1-4-7-10-13-24(38)16-25(39)20-33(45)50-29(15-12-9-6-3)18-27(41)21-34(46)51-28(14-11-8-5-2)17-26(40)19-32(44)49-23-31(43)36(48)35(47)30(42)22-37/h24-31,35-43,47-48H,4-23H2,1-3H3/t24-,25-,26-,27-,28+,29+,30+,31-,35+,36-/m0/s1. The molecule has 0 amide bonds. The van der Waals surface area contributed by atoms with Gasteiger partial charge in [-0.1, -0.05) is 65.7 Å². The number of rotatable bonds is 32. The Kier molecular flexibility index (Phi) is 28.4. The maximum Gasteiger partial charge on any atom is 0.308 e. The fourth-order valence-corrected chi connectivity index (χ4v) is 5.56. The number of unbranched alkanes of at least 4 members (excludes halogenated alkanes) is 6. The van der Waals surface area contributed by atoms with Gasteiger partial charge in [0.2, 0.25) is 0 Å². The zero-order valence-electron chi connectivity index (χ0n) is 30.9. The highest BCUT2D eigenvalue weighted by atomic mass is 16.6. The van der Waals surface area contributed by atoms with E-state index in [0.717, 1.165) is 51.4 Å². The van der Waals surface area contributed by atoms with E-state index in [4.69, 9.17) is 19.3 Å². The summed E-state index contributed by atoms with van der Waals surface area (Å²) in [6.07, 6.45) is -5.43. The van der Waals surface area contributed by atoms with E-state index in [1.54, 1.807) is 0 Å². The van der Waals surface area contributed by atoms with Gasteiger partial charge in [-0.3, -0.25) is 14.4 Å². The van der Waals surface area contributed by atoms with Crippen LogP contribution in [0, 0.1) is 0 Å². The van der Waals surface area contributed by atoms with Crippen LogP contribution in [0.1, 0.15) is 136 Å². The third kappa shape index (κ3) is 24.8. The van der Waals surface area contributed by atoms with Gasteiger partial charge in [0, 0.05) is 12.8 Å². The van der Waals surface area contributed by atoms with Gasteiger partial charge in [-0.25, -0.2) is 0 Å². The first-order valence-electron chi connectivity index (χ1n) is 18.8. The molecule has 0 saturated heterocycles. The van der Waals surface area contributed by atoms with Gasteiger partial charge in [-0.2, -0.15) is 0 Å². The number of esters is 3. The molecule has 302 valence electrons. The first-order valence-corrected chi connectivity index (χ1v) is 18.8. The molecule has 0 aliphatic carbocycles. The van der Waals surface area contributed by atoms with Crippen LogP contribution in [0.5, 0.6) is 0 Å². The van der Waals surface area contributed by atoms with Crippen LogP contribution in [0.25, 0.3) is 0 Å². The highest BCUT2D eigenvalue weighted by Crippen LogP contribution is 2.20. The molecule has 15 nitrogen and oxygen atoms in total. The SMILES string of the molecule is CCCCC[C@H](O)C[C@H](O)CC(=O)O[C@H](CCCCC)C[C@H](O)CC(=O)O[C@H](CCCCC)C[C@H](O)CC(=O)OC[C@H](O)[C@H](O)[C@H](O)[C@H](O)CO. The molecule has 0 aromatic heterocycles. The van der Waals surface area contributed by atoms with Gasteiger partial charge in [0.1, 0.15) is 43.2 Å². The molecular formula is C36H68O15. The van der Waals surface area contributed by atoms with Crippen molar-refractivity contribution in [2.45, 2.75) is 197 Å². The lowest BCUT2D eigenvalue weighted by molar-refractivity contribution is -0.159. The Hall–Kier alpha value is -1.95. The van der Waals surface area contributed by atoms with Crippen molar-refractivity contribution in [3.8, 4) is 0 Å². The van der Waals surface area contributed by atoms with Crippen LogP contribution in [0.2, 0.25) is 0 Å². The summed E-state index contributed by atoms with van der Waals surface area (Å²) in [4.78, 5) is 37.7. The Balaban J connectivity index is 5.08. The fourth-order valence-electron chi connectivity index (χ4n) is 5.56. The summed E-state index contributed by atoms with van der Waals surface area (Å²) in [6.45, 7) is 4.43. The maximum absolute atomic E-state index is 12.8. The van der Waals surface area contributed by atoms with Crippen molar-refractivity contribution >= 4 is 17.9 Å². The van der Waals surface area contributed by atoms with E-state index >= 15 is 0 Å². The Bertz CT molecular complexity index is 906. The van der Waals surface area contributed by atoms with Crippen LogP contribution in [0.4, 0.5) is 0 Å². The van der Waals surface area contributed by atoms with Crippen molar-refractivity contribution in [2.75, 3.05) is 13.2 Å². The molecule has 0 bridgehead atoms. The normalized spacial score (nSPS) is 17.6. The van der Waals surface area contributed by atoms with E-state index in [1.165, 1.54) is 0 Å². The largest absolute Gasteiger partial charge is 0.463 e. The van der Waals surface area contributed by atoms with Gasteiger partial charge in [-0.15, -0.1) is 0 Å². The zero-order valence-corrected chi connectivity index (χ0v) is 30.9. The quantitative estimate of drug-likeness (QED) is 0.0268. The number of ether oxygens (including phenoxy) is 3. The molecule has 10 atom stereocenters. The topological polar surface area (TPSA) is 261 Å². The molecule has 0 aromatic carbocycles. The second-order valence-corrected chi connectivity index (χ2v) is 13.6. The zero-order chi connectivity index (χ0) is 38.8. The molecule has 51 heavy (non-hydrogen) atoms. The molecule has 0 aromatic rings. The summed E-state index contributed by atoms with van der Waals surface area (Å²) in [5.74, 6) is -2.35. The van der Waals surface area contributed by atoms with Crippen molar-refractivity contribution in [3.05, 3.63) is 0 Å². The second-order valence-electron chi connectivity index (χ2n) is 13.6. The first kappa shape index (κ1) is 49.0. The van der Waals surface area contributed by atoms with Crippen molar-refractivity contribution in [1.82, 2.24) is 0 Å². The minimum atomic E-state index is -1.92. The predicted octanol–water partition coefficient (Wildman–Crippen LogP) is 1.31. The van der Waals surface area contributed by atoms with E-state index in [9.17, 15) is 55.2 Å². The highest BCUT2D eigenvalue weighted by Gasteiger charge is 2.31. The molecule has 0 spiro atoms. The average molecular weight is 741 g/mol. The average Bonchev–Trinajstić information content (AvgIpc) is 3.05. The maximum atomic E-state index is 12.8. The summed E-state index contributed by atoms with van der Waals surface area (Å²) in [5.41, 5.74) is 0. The van der Waals surface area contributed by atoms with Gasteiger partial charge in [-0.05, 0) is 38.5 Å². The van der Waals surface area contributed by atoms with Crippen LogP contribution < -0.4 is 0 Å². The van der Waals surface area contributed by atoms with Crippen molar-refractivity contribution < 1.29 is 74.6 Å². The molecule has 0 heterocycles. The van der Waals surface area contributed by atoms with Gasteiger partial charge in [0.15, 0.2) is 0 Å². The van der Waals surface area contributed by atoms with Crippen LogP contribution >= 0.6 is 0 Å². The van der Waals surface area contributed by atoms with Gasteiger partial charge < -0.3 is 60.2 Å².